The van der Waals surface area contributed by atoms with Gasteiger partial charge in [0.2, 0.25) is 5.91 Å². The number of pyridine rings is 1. The van der Waals surface area contributed by atoms with Gasteiger partial charge in [-0.15, -0.1) is 0 Å². The number of amides is 1. The van der Waals surface area contributed by atoms with Gasteiger partial charge < -0.3 is 9.47 Å². The summed E-state index contributed by atoms with van der Waals surface area (Å²) in [5.41, 5.74) is 3.48. The van der Waals surface area contributed by atoms with E-state index in [0.717, 1.165) is 50.4 Å². The molecule has 3 aromatic rings. The molecule has 2 aromatic heterocycles. The van der Waals surface area contributed by atoms with Crippen LogP contribution in [0.1, 0.15) is 31.1 Å². The van der Waals surface area contributed by atoms with Crippen molar-refractivity contribution < 1.29 is 4.79 Å². The maximum Gasteiger partial charge on any atom is 0.227 e. The second-order valence-electron chi connectivity index (χ2n) is 8.14. The third kappa shape index (κ3) is 4.51. The molecule has 152 valence electrons. The van der Waals surface area contributed by atoms with E-state index in [0.29, 0.717) is 12.5 Å². The third-order valence-electron chi connectivity index (χ3n) is 5.86. The molecule has 4 rings (SSSR count). The normalized spacial score (nSPS) is 15.3. The molecule has 1 aromatic carbocycles. The molecule has 0 unspecified atom stereocenters. The van der Waals surface area contributed by atoms with Gasteiger partial charge in [0.05, 0.1) is 6.42 Å². The van der Waals surface area contributed by atoms with Crippen LogP contribution in [0, 0.1) is 0 Å². The van der Waals surface area contributed by atoms with E-state index in [1.165, 1.54) is 10.9 Å². The molecular weight excluding hydrogens is 360 g/mol. The van der Waals surface area contributed by atoms with Crippen LogP contribution in [0.3, 0.4) is 0 Å². The van der Waals surface area contributed by atoms with E-state index >= 15 is 0 Å². The summed E-state index contributed by atoms with van der Waals surface area (Å²) in [6, 6.07) is 14.8. The average molecular weight is 391 g/mol. The van der Waals surface area contributed by atoms with Crippen molar-refractivity contribution in [2.24, 2.45) is 0 Å². The summed E-state index contributed by atoms with van der Waals surface area (Å²) in [5, 5.41) is 1.20. The summed E-state index contributed by atoms with van der Waals surface area (Å²) in [5.74, 6) is 0.237. The Kier molecular flexibility index (Phi) is 5.95. The standard InChI is InChI=1S/C24H30N4O/c1-19(2)28-18-20(22-8-3-4-9-23(22)28)17-24(29)27-15-13-26(14-16-27)12-10-21-7-5-6-11-25-21/h3-9,11,18-19H,10,12-17H2,1-2H3. The number of rotatable bonds is 6. The Labute approximate surface area is 172 Å². The van der Waals surface area contributed by atoms with Crippen molar-refractivity contribution >= 4 is 16.8 Å². The molecule has 5 heteroatoms. The first-order valence-electron chi connectivity index (χ1n) is 10.6. The largest absolute Gasteiger partial charge is 0.345 e. The zero-order chi connectivity index (χ0) is 20.2. The highest BCUT2D eigenvalue weighted by Crippen LogP contribution is 2.25. The van der Waals surface area contributed by atoms with Gasteiger partial charge in [-0.25, -0.2) is 0 Å². The lowest BCUT2D eigenvalue weighted by atomic mass is 10.1. The van der Waals surface area contributed by atoms with Crippen molar-refractivity contribution in [3.05, 3.63) is 66.1 Å². The maximum atomic E-state index is 13.0. The summed E-state index contributed by atoms with van der Waals surface area (Å²) >= 11 is 0. The summed E-state index contributed by atoms with van der Waals surface area (Å²) in [6.45, 7) is 8.86. The maximum absolute atomic E-state index is 13.0. The number of fused-ring (bicyclic) bond motifs is 1. The van der Waals surface area contributed by atoms with Gasteiger partial charge in [0.1, 0.15) is 0 Å². The number of benzene rings is 1. The van der Waals surface area contributed by atoms with E-state index in [4.69, 9.17) is 0 Å². The summed E-state index contributed by atoms with van der Waals surface area (Å²) < 4.78 is 2.27. The molecule has 1 saturated heterocycles. The van der Waals surface area contributed by atoms with Crippen LogP contribution in [0.5, 0.6) is 0 Å². The molecule has 0 bridgehead atoms. The Hall–Kier alpha value is -2.66. The second kappa shape index (κ2) is 8.78. The molecule has 0 radical (unpaired) electrons. The lowest BCUT2D eigenvalue weighted by molar-refractivity contribution is -0.132. The zero-order valence-corrected chi connectivity index (χ0v) is 17.4. The summed E-state index contributed by atoms with van der Waals surface area (Å²) in [7, 11) is 0. The Morgan fingerprint density at radius 2 is 1.79 bits per heavy atom. The molecule has 1 aliphatic rings. The van der Waals surface area contributed by atoms with Crippen LogP contribution in [0.4, 0.5) is 0 Å². The van der Waals surface area contributed by atoms with Crippen LogP contribution in [0.25, 0.3) is 10.9 Å². The fourth-order valence-corrected chi connectivity index (χ4v) is 4.16. The quantitative estimate of drug-likeness (QED) is 0.646. The Morgan fingerprint density at radius 3 is 2.52 bits per heavy atom. The van der Waals surface area contributed by atoms with Gasteiger partial charge in [0.25, 0.3) is 0 Å². The van der Waals surface area contributed by atoms with Crippen molar-refractivity contribution in [1.29, 1.82) is 0 Å². The minimum atomic E-state index is 0.237. The van der Waals surface area contributed by atoms with Crippen LogP contribution >= 0.6 is 0 Å². The number of nitrogens with zero attached hydrogens (tertiary/aromatic N) is 4. The monoisotopic (exact) mass is 390 g/mol. The first-order chi connectivity index (χ1) is 14.1. The minimum absolute atomic E-state index is 0.237. The molecule has 0 N–H and O–H groups in total. The Balaban J connectivity index is 1.34. The Morgan fingerprint density at radius 1 is 1.03 bits per heavy atom. The average Bonchev–Trinajstić information content (AvgIpc) is 3.12. The number of carbonyl (C=O) groups excluding carboxylic acids is 1. The van der Waals surface area contributed by atoms with Gasteiger partial charge in [-0.3, -0.25) is 14.7 Å². The van der Waals surface area contributed by atoms with Crippen molar-refractivity contribution in [2.75, 3.05) is 32.7 Å². The van der Waals surface area contributed by atoms with Gasteiger partial charge in [0.15, 0.2) is 0 Å². The highest BCUT2D eigenvalue weighted by Gasteiger charge is 2.22. The first kappa shape index (κ1) is 19.6. The number of piperazine rings is 1. The van der Waals surface area contributed by atoms with Crippen LogP contribution in [0.2, 0.25) is 0 Å². The highest BCUT2D eigenvalue weighted by atomic mass is 16.2. The molecule has 1 fully saturated rings. The molecule has 1 amide bonds. The molecular formula is C24H30N4O. The number of hydrogen-bond acceptors (Lipinski definition) is 3. The lowest BCUT2D eigenvalue weighted by Gasteiger charge is -2.34. The molecule has 29 heavy (non-hydrogen) atoms. The number of hydrogen-bond donors (Lipinski definition) is 0. The van der Waals surface area contributed by atoms with Crippen LogP contribution in [0.15, 0.2) is 54.9 Å². The van der Waals surface area contributed by atoms with E-state index in [1.54, 1.807) is 0 Å². The highest BCUT2D eigenvalue weighted by molar-refractivity contribution is 5.89. The molecule has 0 saturated carbocycles. The predicted molar refractivity (Wildman–Crippen MR) is 117 cm³/mol. The van der Waals surface area contributed by atoms with Crippen LogP contribution < -0.4 is 0 Å². The van der Waals surface area contributed by atoms with Gasteiger partial charge >= 0.3 is 0 Å². The molecule has 0 spiro atoms. The van der Waals surface area contributed by atoms with E-state index in [1.807, 2.05) is 23.2 Å². The topological polar surface area (TPSA) is 41.4 Å². The van der Waals surface area contributed by atoms with Crippen molar-refractivity contribution in [1.82, 2.24) is 19.4 Å². The van der Waals surface area contributed by atoms with E-state index < -0.39 is 0 Å². The number of para-hydroxylation sites is 1. The van der Waals surface area contributed by atoms with E-state index in [2.05, 4.69) is 64.8 Å². The summed E-state index contributed by atoms with van der Waals surface area (Å²) in [4.78, 5) is 21.8. The van der Waals surface area contributed by atoms with Gasteiger partial charge in [0, 0.05) is 74.2 Å². The van der Waals surface area contributed by atoms with E-state index in [9.17, 15) is 4.79 Å². The Bertz CT molecular complexity index is 955. The van der Waals surface area contributed by atoms with Crippen molar-refractivity contribution in [3.63, 3.8) is 0 Å². The first-order valence-corrected chi connectivity index (χ1v) is 10.6. The fraction of sp³-hybridized carbons (Fsp3) is 0.417. The SMILES string of the molecule is CC(C)n1cc(CC(=O)N2CCN(CCc3ccccn3)CC2)c2ccccc21. The number of aromatic nitrogens is 2. The van der Waals surface area contributed by atoms with Gasteiger partial charge in [-0.2, -0.15) is 0 Å². The van der Waals surface area contributed by atoms with Crippen LogP contribution in [-0.4, -0.2) is 58.0 Å². The van der Waals surface area contributed by atoms with Gasteiger partial charge in [-0.05, 0) is 37.6 Å². The number of carbonyl (C=O) groups is 1. The molecule has 5 nitrogen and oxygen atoms in total. The lowest BCUT2D eigenvalue weighted by Crippen LogP contribution is -2.49. The summed E-state index contributed by atoms with van der Waals surface area (Å²) in [6.07, 6.45) is 5.45. The van der Waals surface area contributed by atoms with E-state index in [-0.39, 0.29) is 5.91 Å². The second-order valence-corrected chi connectivity index (χ2v) is 8.14. The van der Waals surface area contributed by atoms with Crippen molar-refractivity contribution in [2.45, 2.75) is 32.7 Å². The van der Waals surface area contributed by atoms with Gasteiger partial charge in [-0.1, -0.05) is 24.3 Å². The van der Waals surface area contributed by atoms with Crippen LogP contribution in [-0.2, 0) is 17.6 Å². The third-order valence-corrected chi connectivity index (χ3v) is 5.86. The minimum Gasteiger partial charge on any atom is -0.345 e. The van der Waals surface area contributed by atoms with Crippen molar-refractivity contribution in [3.8, 4) is 0 Å². The smallest absolute Gasteiger partial charge is 0.227 e. The molecule has 1 aliphatic heterocycles. The molecule has 0 atom stereocenters. The molecule has 0 aliphatic carbocycles. The zero-order valence-electron chi connectivity index (χ0n) is 17.4. The molecule has 3 heterocycles. The fourth-order valence-electron chi connectivity index (χ4n) is 4.16. The predicted octanol–water partition coefficient (Wildman–Crippen LogP) is 3.55.